The lowest BCUT2D eigenvalue weighted by atomic mass is 9.93. The highest BCUT2D eigenvalue weighted by Gasteiger charge is 2.30. The maximum atomic E-state index is 11.1. The first-order valence-corrected chi connectivity index (χ1v) is 4.52. The molecule has 1 saturated heterocycles. The Morgan fingerprint density at radius 3 is 2.46 bits per heavy atom. The van der Waals surface area contributed by atoms with Crippen molar-refractivity contribution >= 4 is 11.9 Å². The number of hydrogen-bond donors (Lipinski definition) is 1. The Balaban J connectivity index is 2.63. The quantitative estimate of drug-likeness (QED) is 0.654. The molecule has 0 aromatic heterocycles. The normalized spacial score (nSPS) is 28.6. The maximum Gasteiger partial charge on any atom is 0.308 e. The maximum absolute atomic E-state index is 11.1. The smallest absolute Gasteiger partial charge is 0.308 e. The van der Waals surface area contributed by atoms with E-state index in [1.165, 1.54) is 6.92 Å². The standard InChI is InChI=1S/C9H15NO3/c1-6-3-4-8(9(12)13)5-10(6)7(2)11/h6,8H,3-5H2,1-2H3,(H,12,13)/t6-,8+/m1/s1. The van der Waals surface area contributed by atoms with Gasteiger partial charge in [-0.15, -0.1) is 0 Å². The summed E-state index contributed by atoms with van der Waals surface area (Å²) in [5.41, 5.74) is 0. The van der Waals surface area contributed by atoms with Crippen molar-refractivity contribution in [3.05, 3.63) is 0 Å². The van der Waals surface area contributed by atoms with E-state index in [2.05, 4.69) is 0 Å². The first-order chi connectivity index (χ1) is 6.02. The van der Waals surface area contributed by atoms with Crippen molar-refractivity contribution in [1.29, 1.82) is 0 Å². The number of amides is 1. The third-order valence-corrected chi connectivity index (χ3v) is 2.64. The molecule has 0 spiro atoms. The molecule has 1 aliphatic heterocycles. The van der Waals surface area contributed by atoms with Gasteiger partial charge in [0.05, 0.1) is 5.92 Å². The summed E-state index contributed by atoms with van der Waals surface area (Å²) in [4.78, 5) is 23.4. The fourth-order valence-corrected chi connectivity index (χ4v) is 1.75. The van der Waals surface area contributed by atoms with Crippen molar-refractivity contribution in [3.63, 3.8) is 0 Å². The lowest BCUT2D eigenvalue weighted by Gasteiger charge is -2.35. The summed E-state index contributed by atoms with van der Waals surface area (Å²) in [6, 6.07) is 0.188. The Labute approximate surface area is 77.5 Å². The molecule has 4 nitrogen and oxygen atoms in total. The zero-order valence-corrected chi connectivity index (χ0v) is 7.99. The molecule has 0 aliphatic carbocycles. The van der Waals surface area contributed by atoms with Gasteiger partial charge in [-0.05, 0) is 19.8 Å². The van der Waals surface area contributed by atoms with Crippen LogP contribution < -0.4 is 0 Å². The van der Waals surface area contributed by atoms with Crippen LogP contribution in [0, 0.1) is 5.92 Å². The number of piperidine rings is 1. The van der Waals surface area contributed by atoms with Gasteiger partial charge in [0.2, 0.25) is 5.91 Å². The number of carbonyl (C=O) groups excluding carboxylic acids is 1. The van der Waals surface area contributed by atoms with Crippen LogP contribution in [0.1, 0.15) is 26.7 Å². The molecule has 0 aromatic rings. The number of carboxylic acid groups (broad SMARTS) is 1. The Hall–Kier alpha value is -1.06. The molecule has 1 heterocycles. The predicted molar refractivity (Wildman–Crippen MR) is 47.2 cm³/mol. The van der Waals surface area contributed by atoms with Gasteiger partial charge in [0.25, 0.3) is 0 Å². The second kappa shape index (κ2) is 3.77. The molecule has 0 aromatic carbocycles. The molecule has 0 saturated carbocycles. The minimum absolute atomic E-state index is 0.0292. The minimum atomic E-state index is -0.793. The van der Waals surface area contributed by atoms with Gasteiger partial charge in [-0.2, -0.15) is 0 Å². The minimum Gasteiger partial charge on any atom is -0.481 e. The highest BCUT2D eigenvalue weighted by atomic mass is 16.4. The van der Waals surface area contributed by atoms with Gasteiger partial charge >= 0.3 is 5.97 Å². The van der Waals surface area contributed by atoms with Gasteiger partial charge < -0.3 is 10.0 Å². The number of aliphatic carboxylic acids is 1. The van der Waals surface area contributed by atoms with Gasteiger partial charge in [0, 0.05) is 19.5 Å². The Kier molecular flexibility index (Phi) is 2.90. The van der Waals surface area contributed by atoms with E-state index < -0.39 is 5.97 Å². The molecule has 0 unspecified atom stereocenters. The second-order valence-electron chi connectivity index (χ2n) is 3.63. The average molecular weight is 185 g/mol. The summed E-state index contributed by atoms with van der Waals surface area (Å²) in [5, 5.41) is 8.79. The van der Waals surface area contributed by atoms with Crippen molar-refractivity contribution in [2.45, 2.75) is 32.7 Å². The lowest BCUT2D eigenvalue weighted by molar-refractivity contribution is -0.146. The van der Waals surface area contributed by atoms with Crippen LogP contribution in [0.3, 0.4) is 0 Å². The van der Waals surface area contributed by atoms with Crippen LogP contribution in [0.4, 0.5) is 0 Å². The number of nitrogens with zero attached hydrogens (tertiary/aromatic N) is 1. The molecule has 1 fully saturated rings. The van der Waals surface area contributed by atoms with Gasteiger partial charge in [0.1, 0.15) is 0 Å². The third kappa shape index (κ3) is 2.20. The number of carbonyl (C=O) groups is 2. The van der Waals surface area contributed by atoms with Crippen LogP contribution in [0.25, 0.3) is 0 Å². The molecular weight excluding hydrogens is 170 g/mol. The van der Waals surface area contributed by atoms with E-state index in [4.69, 9.17) is 5.11 Å². The van der Waals surface area contributed by atoms with Crippen LogP contribution in [-0.2, 0) is 9.59 Å². The Bertz CT molecular complexity index is 227. The van der Waals surface area contributed by atoms with Crippen molar-refractivity contribution in [2.75, 3.05) is 6.54 Å². The van der Waals surface area contributed by atoms with Gasteiger partial charge in [-0.25, -0.2) is 0 Å². The van der Waals surface area contributed by atoms with Crippen LogP contribution in [0.15, 0.2) is 0 Å². The number of hydrogen-bond acceptors (Lipinski definition) is 2. The van der Waals surface area contributed by atoms with E-state index >= 15 is 0 Å². The van der Waals surface area contributed by atoms with Gasteiger partial charge in [-0.3, -0.25) is 9.59 Å². The third-order valence-electron chi connectivity index (χ3n) is 2.64. The molecule has 4 heteroatoms. The Morgan fingerprint density at radius 2 is 2.00 bits per heavy atom. The average Bonchev–Trinajstić information content (AvgIpc) is 2.04. The van der Waals surface area contributed by atoms with Gasteiger partial charge in [-0.1, -0.05) is 0 Å². The first-order valence-electron chi connectivity index (χ1n) is 4.52. The molecule has 2 atom stereocenters. The fourth-order valence-electron chi connectivity index (χ4n) is 1.75. The first kappa shape index (κ1) is 10.0. The SMILES string of the molecule is CC(=O)N1C[C@@H](C(=O)O)CC[C@H]1C. The number of likely N-dealkylation sites (tertiary alicyclic amines) is 1. The van der Waals surface area contributed by atoms with E-state index in [9.17, 15) is 9.59 Å². The van der Waals surface area contributed by atoms with Gasteiger partial charge in [0.15, 0.2) is 0 Å². The van der Waals surface area contributed by atoms with Crippen LogP contribution in [0.5, 0.6) is 0 Å². The van der Waals surface area contributed by atoms with E-state index in [0.717, 1.165) is 6.42 Å². The van der Waals surface area contributed by atoms with Crippen LogP contribution in [0.2, 0.25) is 0 Å². The molecule has 0 bridgehead atoms. The lowest BCUT2D eigenvalue weighted by Crippen LogP contribution is -2.46. The molecule has 1 rings (SSSR count). The molecule has 74 valence electrons. The number of rotatable bonds is 1. The summed E-state index contributed by atoms with van der Waals surface area (Å²) >= 11 is 0. The number of carboxylic acids is 1. The van der Waals surface area contributed by atoms with E-state index in [1.807, 2.05) is 6.92 Å². The van der Waals surface area contributed by atoms with E-state index in [-0.39, 0.29) is 17.9 Å². The highest BCUT2D eigenvalue weighted by Crippen LogP contribution is 2.21. The topological polar surface area (TPSA) is 57.6 Å². The summed E-state index contributed by atoms with van der Waals surface area (Å²) in [5.74, 6) is -1.20. The van der Waals surface area contributed by atoms with Crippen molar-refractivity contribution in [2.24, 2.45) is 5.92 Å². The summed E-state index contributed by atoms with van der Waals surface area (Å²) in [7, 11) is 0. The fraction of sp³-hybridized carbons (Fsp3) is 0.778. The summed E-state index contributed by atoms with van der Waals surface area (Å²) < 4.78 is 0. The molecule has 0 radical (unpaired) electrons. The molecular formula is C9H15NO3. The molecule has 1 N–H and O–H groups in total. The highest BCUT2D eigenvalue weighted by molar-refractivity contribution is 5.76. The monoisotopic (exact) mass is 185 g/mol. The molecule has 1 aliphatic rings. The van der Waals surface area contributed by atoms with E-state index in [1.54, 1.807) is 4.90 Å². The summed E-state index contributed by atoms with van der Waals surface area (Å²) in [6.45, 7) is 3.81. The second-order valence-corrected chi connectivity index (χ2v) is 3.63. The van der Waals surface area contributed by atoms with Crippen molar-refractivity contribution < 1.29 is 14.7 Å². The zero-order valence-electron chi connectivity index (χ0n) is 7.99. The zero-order chi connectivity index (χ0) is 10.0. The van der Waals surface area contributed by atoms with E-state index in [0.29, 0.717) is 13.0 Å². The predicted octanol–water partition coefficient (Wildman–Crippen LogP) is 0.718. The van der Waals surface area contributed by atoms with Crippen LogP contribution >= 0.6 is 0 Å². The largest absolute Gasteiger partial charge is 0.481 e. The van der Waals surface area contributed by atoms with Crippen molar-refractivity contribution in [1.82, 2.24) is 4.90 Å². The van der Waals surface area contributed by atoms with Crippen LogP contribution in [-0.4, -0.2) is 34.5 Å². The Morgan fingerprint density at radius 1 is 1.38 bits per heavy atom. The summed E-state index contributed by atoms with van der Waals surface area (Å²) in [6.07, 6.45) is 1.47. The molecule has 1 amide bonds. The van der Waals surface area contributed by atoms with Crippen molar-refractivity contribution in [3.8, 4) is 0 Å². The molecule has 13 heavy (non-hydrogen) atoms.